The largest absolute Gasteiger partial charge is 0.454 e. The van der Waals surface area contributed by atoms with Crippen molar-refractivity contribution < 1.29 is 13.5 Å². The van der Waals surface area contributed by atoms with E-state index < -0.39 is 11.6 Å². The maximum atomic E-state index is 15.0. The van der Waals surface area contributed by atoms with Gasteiger partial charge in [0.1, 0.15) is 34.4 Å². The van der Waals surface area contributed by atoms with Crippen molar-refractivity contribution in [1.29, 1.82) is 0 Å². The molecule has 0 amide bonds. The maximum Gasteiger partial charge on any atom is 0.166 e. The molecule has 1 saturated carbocycles. The topological polar surface area (TPSA) is 65.4 Å². The van der Waals surface area contributed by atoms with Crippen LogP contribution in [0.4, 0.5) is 14.6 Å². The zero-order valence-corrected chi connectivity index (χ0v) is 15.5. The van der Waals surface area contributed by atoms with Gasteiger partial charge in [-0.25, -0.2) is 18.7 Å². The molecule has 29 heavy (non-hydrogen) atoms. The molecule has 2 aromatic carbocycles. The van der Waals surface area contributed by atoms with Crippen molar-refractivity contribution in [3.05, 3.63) is 72.3 Å². The molecule has 7 heteroatoms. The van der Waals surface area contributed by atoms with Gasteiger partial charge in [-0.15, -0.1) is 0 Å². The lowest BCUT2D eigenvalue weighted by atomic mass is 9.85. The summed E-state index contributed by atoms with van der Waals surface area (Å²) < 4.78 is 37.1. The van der Waals surface area contributed by atoms with Crippen LogP contribution in [0.3, 0.4) is 0 Å². The second kappa shape index (κ2) is 6.84. The quantitative estimate of drug-likeness (QED) is 0.511. The molecular weight excluding hydrogens is 374 g/mol. The van der Waals surface area contributed by atoms with Crippen molar-refractivity contribution in [1.82, 2.24) is 14.4 Å². The first-order valence-electron chi connectivity index (χ1n) is 9.46. The molecule has 146 valence electrons. The number of aromatic nitrogens is 3. The van der Waals surface area contributed by atoms with Gasteiger partial charge in [0.05, 0.1) is 0 Å². The molecule has 5 rings (SSSR count). The Balaban J connectivity index is 1.63. The van der Waals surface area contributed by atoms with Crippen LogP contribution in [0.2, 0.25) is 0 Å². The Morgan fingerprint density at radius 3 is 2.59 bits per heavy atom. The predicted molar refractivity (Wildman–Crippen MR) is 106 cm³/mol. The van der Waals surface area contributed by atoms with Gasteiger partial charge in [0.25, 0.3) is 0 Å². The highest BCUT2D eigenvalue weighted by atomic mass is 19.1. The molecule has 0 unspecified atom stereocenters. The van der Waals surface area contributed by atoms with E-state index in [9.17, 15) is 4.39 Å². The highest BCUT2D eigenvalue weighted by Gasteiger charge is 2.28. The average molecular weight is 392 g/mol. The van der Waals surface area contributed by atoms with Crippen LogP contribution in [0.15, 0.2) is 54.9 Å². The van der Waals surface area contributed by atoms with Crippen LogP contribution in [0.5, 0.6) is 11.5 Å². The first kappa shape index (κ1) is 17.6. The number of nitrogens with two attached hydrogens (primary N) is 1. The Kier molecular flexibility index (Phi) is 4.16. The van der Waals surface area contributed by atoms with Gasteiger partial charge in [-0.2, -0.15) is 0 Å². The summed E-state index contributed by atoms with van der Waals surface area (Å²) in [6, 6.07) is 10.8. The number of benzene rings is 2. The van der Waals surface area contributed by atoms with Gasteiger partial charge in [0.2, 0.25) is 0 Å². The van der Waals surface area contributed by atoms with Crippen LogP contribution >= 0.6 is 0 Å². The van der Waals surface area contributed by atoms with Crippen LogP contribution in [0, 0.1) is 11.6 Å². The summed E-state index contributed by atoms with van der Waals surface area (Å²) in [7, 11) is 0. The number of rotatable bonds is 4. The van der Waals surface area contributed by atoms with Crippen molar-refractivity contribution in [2.24, 2.45) is 0 Å². The minimum atomic E-state index is -0.681. The fraction of sp³-hybridized carbons (Fsp3) is 0.182. The average Bonchev–Trinajstić information content (AvgIpc) is 3.04. The van der Waals surface area contributed by atoms with E-state index in [4.69, 9.17) is 10.5 Å². The Morgan fingerprint density at radius 1 is 1.07 bits per heavy atom. The minimum absolute atomic E-state index is 0.0330. The number of nitrogens with zero attached hydrogens (tertiary/aromatic N) is 3. The van der Waals surface area contributed by atoms with E-state index in [0.29, 0.717) is 17.0 Å². The summed E-state index contributed by atoms with van der Waals surface area (Å²) in [4.78, 5) is 8.77. The molecule has 2 heterocycles. The molecule has 4 aromatic rings. The van der Waals surface area contributed by atoms with Gasteiger partial charge in [-0.1, -0.05) is 24.6 Å². The lowest BCUT2D eigenvalue weighted by molar-refractivity contribution is 0.400. The van der Waals surface area contributed by atoms with Crippen LogP contribution in [0.1, 0.15) is 31.0 Å². The fourth-order valence-corrected chi connectivity index (χ4v) is 3.63. The van der Waals surface area contributed by atoms with E-state index >= 15 is 4.39 Å². The first-order chi connectivity index (χ1) is 14.1. The Hall–Kier alpha value is -3.48. The first-order valence-corrected chi connectivity index (χ1v) is 9.46. The van der Waals surface area contributed by atoms with Crippen molar-refractivity contribution in [2.75, 3.05) is 5.73 Å². The number of anilines is 1. The van der Waals surface area contributed by atoms with Crippen LogP contribution in [-0.2, 0) is 0 Å². The standard InChI is InChI=1S/C22H18F2N4O/c23-16-12-18(29-14-7-2-1-3-8-14)17(24)11-15(16)19-20-21(25)26-9-10-28(20)22(27-19)13-5-4-6-13/h1-3,7-13H,4-6H2,(H2,25,26). The summed E-state index contributed by atoms with van der Waals surface area (Å²) in [6.45, 7) is 0. The van der Waals surface area contributed by atoms with Crippen LogP contribution < -0.4 is 10.5 Å². The molecule has 0 aliphatic heterocycles. The van der Waals surface area contributed by atoms with Gasteiger partial charge < -0.3 is 10.5 Å². The number of hydrogen-bond acceptors (Lipinski definition) is 4. The van der Waals surface area contributed by atoms with E-state index in [1.807, 2.05) is 10.5 Å². The maximum absolute atomic E-state index is 15.0. The normalized spacial score (nSPS) is 14.1. The zero-order chi connectivity index (χ0) is 20.0. The minimum Gasteiger partial charge on any atom is -0.454 e. The molecule has 0 bridgehead atoms. The van der Waals surface area contributed by atoms with E-state index in [1.54, 1.807) is 36.7 Å². The Labute approximate surface area is 165 Å². The summed E-state index contributed by atoms with van der Waals surface area (Å²) in [6.07, 6.45) is 6.51. The van der Waals surface area contributed by atoms with Gasteiger partial charge in [-0.05, 0) is 31.0 Å². The van der Waals surface area contributed by atoms with Crippen LogP contribution in [0.25, 0.3) is 16.8 Å². The highest BCUT2D eigenvalue weighted by molar-refractivity contribution is 5.85. The number of imidazole rings is 1. The monoisotopic (exact) mass is 392 g/mol. The Bertz CT molecular complexity index is 1200. The third-order valence-electron chi connectivity index (χ3n) is 5.33. The molecule has 0 spiro atoms. The number of nitrogen functional groups attached to an aromatic ring is 1. The number of hydrogen-bond donors (Lipinski definition) is 1. The molecule has 0 atom stereocenters. The molecular formula is C22H18F2N4O. The van der Waals surface area contributed by atoms with E-state index in [1.165, 1.54) is 0 Å². The fourth-order valence-electron chi connectivity index (χ4n) is 3.63. The summed E-state index contributed by atoms with van der Waals surface area (Å²) in [5.74, 6) is 0.231. The lowest BCUT2D eigenvalue weighted by Gasteiger charge is -2.23. The van der Waals surface area contributed by atoms with Crippen molar-refractivity contribution in [3.63, 3.8) is 0 Å². The van der Waals surface area contributed by atoms with Gasteiger partial charge in [0, 0.05) is 29.9 Å². The number of para-hydroxylation sites is 1. The van der Waals surface area contributed by atoms with E-state index in [0.717, 1.165) is 37.2 Å². The summed E-state index contributed by atoms with van der Waals surface area (Å²) >= 11 is 0. The lowest BCUT2D eigenvalue weighted by Crippen LogP contribution is -2.12. The predicted octanol–water partition coefficient (Wildman–Crippen LogP) is 5.32. The number of ether oxygens (including phenoxy) is 1. The third-order valence-corrected chi connectivity index (χ3v) is 5.33. The molecule has 1 aliphatic rings. The SMILES string of the molecule is Nc1nccn2c(C3CCC3)nc(-c3cc(F)c(Oc4ccccc4)cc3F)c12. The van der Waals surface area contributed by atoms with Gasteiger partial charge in [-0.3, -0.25) is 4.40 Å². The van der Waals surface area contributed by atoms with E-state index in [-0.39, 0.29) is 23.0 Å². The molecule has 0 saturated heterocycles. The van der Waals surface area contributed by atoms with Gasteiger partial charge in [0.15, 0.2) is 11.6 Å². The molecule has 1 fully saturated rings. The highest BCUT2D eigenvalue weighted by Crippen LogP contribution is 2.40. The molecule has 2 N–H and O–H groups in total. The number of halogens is 2. The smallest absolute Gasteiger partial charge is 0.166 e. The second-order valence-electron chi connectivity index (χ2n) is 7.16. The molecule has 1 aliphatic carbocycles. The van der Waals surface area contributed by atoms with Crippen molar-refractivity contribution in [3.8, 4) is 22.8 Å². The van der Waals surface area contributed by atoms with Crippen LogP contribution in [-0.4, -0.2) is 14.4 Å². The molecule has 0 radical (unpaired) electrons. The van der Waals surface area contributed by atoms with Gasteiger partial charge >= 0.3 is 0 Å². The van der Waals surface area contributed by atoms with Crippen molar-refractivity contribution in [2.45, 2.75) is 25.2 Å². The van der Waals surface area contributed by atoms with Crippen molar-refractivity contribution >= 4 is 11.3 Å². The summed E-state index contributed by atoms with van der Waals surface area (Å²) in [5.41, 5.74) is 6.89. The zero-order valence-electron chi connectivity index (χ0n) is 15.5. The second-order valence-corrected chi connectivity index (χ2v) is 7.16. The number of fused-ring (bicyclic) bond motifs is 1. The third kappa shape index (κ3) is 2.99. The molecule has 5 nitrogen and oxygen atoms in total. The van der Waals surface area contributed by atoms with E-state index in [2.05, 4.69) is 9.97 Å². The Morgan fingerprint density at radius 2 is 1.86 bits per heavy atom. The summed E-state index contributed by atoms with van der Waals surface area (Å²) in [5, 5.41) is 0. The molecule has 2 aromatic heterocycles.